The maximum Gasteiger partial charge on any atom is 0.271 e. The first-order valence-electron chi connectivity index (χ1n) is 9.51. The summed E-state index contributed by atoms with van der Waals surface area (Å²) in [6.45, 7) is 5.22. The number of nitrogens with one attached hydrogen (secondary N) is 1. The first kappa shape index (κ1) is 15.9. The van der Waals surface area contributed by atoms with Gasteiger partial charge in [0.2, 0.25) is 0 Å². The standard InChI is InChI=1S/C18H29N5O/c1-2-4-14-5-3-6-16-13-7-12(10-23(14)16)9-22(11-13)18(24)15-8-17(19)21-20-15/h8,12-14,16H,2-7,9-11H2,1H3,(H3,19,20,21)/t12-,13+,14-,16-/m0/s1. The fourth-order valence-electron chi connectivity index (χ4n) is 5.34. The molecule has 4 atom stereocenters. The Morgan fingerprint density at radius 1 is 1.38 bits per heavy atom. The molecule has 0 unspecified atom stereocenters. The van der Waals surface area contributed by atoms with Gasteiger partial charge in [0.1, 0.15) is 11.5 Å². The Bertz CT molecular complexity index is 598. The van der Waals surface area contributed by atoms with Crippen molar-refractivity contribution < 1.29 is 4.79 Å². The van der Waals surface area contributed by atoms with Crippen molar-refractivity contribution in [3.63, 3.8) is 0 Å². The molecule has 132 valence electrons. The molecule has 0 spiro atoms. The normalized spacial score (nSPS) is 33.3. The van der Waals surface area contributed by atoms with Gasteiger partial charge in [0, 0.05) is 37.8 Å². The number of likely N-dealkylation sites (tertiary alicyclic amines) is 1. The van der Waals surface area contributed by atoms with Gasteiger partial charge in [0.15, 0.2) is 0 Å². The minimum Gasteiger partial charge on any atom is -0.382 e. The maximum atomic E-state index is 12.8. The first-order valence-corrected chi connectivity index (χ1v) is 9.51. The van der Waals surface area contributed by atoms with E-state index in [4.69, 9.17) is 5.73 Å². The average Bonchev–Trinajstić information content (AvgIpc) is 3.01. The number of anilines is 1. The third-order valence-electron chi connectivity index (χ3n) is 6.25. The van der Waals surface area contributed by atoms with Gasteiger partial charge in [-0.2, -0.15) is 5.10 Å². The number of nitrogens with two attached hydrogens (primary N) is 1. The van der Waals surface area contributed by atoms with Gasteiger partial charge in [0.25, 0.3) is 5.91 Å². The summed E-state index contributed by atoms with van der Waals surface area (Å²) in [7, 11) is 0. The molecule has 3 fully saturated rings. The van der Waals surface area contributed by atoms with Crippen LogP contribution in [0.25, 0.3) is 0 Å². The highest BCUT2D eigenvalue weighted by Gasteiger charge is 2.45. The molecule has 3 saturated heterocycles. The zero-order valence-corrected chi connectivity index (χ0v) is 14.6. The van der Waals surface area contributed by atoms with Crippen molar-refractivity contribution in [2.75, 3.05) is 25.4 Å². The van der Waals surface area contributed by atoms with Crippen LogP contribution in [0.1, 0.15) is 55.9 Å². The fourth-order valence-corrected chi connectivity index (χ4v) is 5.34. The van der Waals surface area contributed by atoms with Gasteiger partial charge in [-0.15, -0.1) is 0 Å². The Morgan fingerprint density at radius 2 is 2.25 bits per heavy atom. The highest BCUT2D eigenvalue weighted by Crippen LogP contribution is 2.40. The summed E-state index contributed by atoms with van der Waals surface area (Å²) in [6, 6.07) is 3.10. The van der Waals surface area contributed by atoms with E-state index >= 15 is 0 Å². The van der Waals surface area contributed by atoms with Gasteiger partial charge in [-0.3, -0.25) is 14.8 Å². The van der Waals surface area contributed by atoms with Crippen LogP contribution in [-0.4, -0.2) is 57.6 Å². The number of amides is 1. The number of H-pyrrole nitrogens is 1. The quantitative estimate of drug-likeness (QED) is 0.889. The molecule has 24 heavy (non-hydrogen) atoms. The van der Waals surface area contributed by atoms with E-state index in [-0.39, 0.29) is 5.91 Å². The molecular formula is C18H29N5O. The molecule has 2 bridgehead atoms. The highest BCUT2D eigenvalue weighted by molar-refractivity contribution is 5.93. The average molecular weight is 331 g/mol. The number of carbonyl (C=O) groups is 1. The molecule has 4 heterocycles. The van der Waals surface area contributed by atoms with E-state index in [1.807, 2.05) is 4.90 Å². The van der Waals surface area contributed by atoms with Crippen molar-refractivity contribution in [3.05, 3.63) is 11.8 Å². The number of aromatic nitrogens is 2. The molecular weight excluding hydrogens is 302 g/mol. The molecule has 4 rings (SSSR count). The van der Waals surface area contributed by atoms with E-state index in [2.05, 4.69) is 22.0 Å². The highest BCUT2D eigenvalue weighted by atomic mass is 16.2. The predicted octanol–water partition coefficient (Wildman–Crippen LogP) is 2.11. The minimum atomic E-state index is 0.0586. The second-order valence-electron chi connectivity index (χ2n) is 7.92. The van der Waals surface area contributed by atoms with Crippen LogP contribution in [0.2, 0.25) is 0 Å². The second kappa shape index (κ2) is 6.39. The summed E-state index contributed by atoms with van der Waals surface area (Å²) in [6.07, 6.45) is 7.89. The molecule has 3 aliphatic heterocycles. The number of piperidine rings is 3. The number of rotatable bonds is 3. The van der Waals surface area contributed by atoms with Crippen LogP contribution >= 0.6 is 0 Å². The van der Waals surface area contributed by atoms with Gasteiger partial charge >= 0.3 is 0 Å². The van der Waals surface area contributed by atoms with Crippen molar-refractivity contribution in [1.29, 1.82) is 0 Å². The number of hydrogen-bond acceptors (Lipinski definition) is 4. The van der Waals surface area contributed by atoms with Crippen molar-refractivity contribution in [3.8, 4) is 0 Å². The lowest BCUT2D eigenvalue weighted by Crippen LogP contribution is -2.62. The van der Waals surface area contributed by atoms with Crippen molar-refractivity contribution in [2.45, 2.75) is 57.5 Å². The summed E-state index contributed by atoms with van der Waals surface area (Å²) >= 11 is 0. The summed E-state index contributed by atoms with van der Waals surface area (Å²) in [4.78, 5) is 17.6. The number of carbonyl (C=O) groups excluding carboxylic acids is 1. The molecule has 3 N–H and O–H groups in total. The van der Waals surface area contributed by atoms with Crippen LogP contribution in [0, 0.1) is 11.8 Å². The molecule has 1 aromatic rings. The van der Waals surface area contributed by atoms with Gasteiger partial charge in [-0.05, 0) is 37.5 Å². The number of fused-ring (bicyclic) bond motifs is 4. The summed E-state index contributed by atoms with van der Waals surface area (Å²) < 4.78 is 0. The van der Waals surface area contributed by atoms with E-state index in [0.717, 1.165) is 19.1 Å². The zero-order chi connectivity index (χ0) is 16.7. The predicted molar refractivity (Wildman–Crippen MR) is 93.5 cm³/mol. The van der Waals surface area contributed by atoms with Crippen molar-refractivity contribution >= 4 is 11.7 Å². The fraction of sp³-hybridized carbons (Fsp3) is 0.778. The number of hydrogen-bond donors (Lipinski definition) is 2. The zero-order valence-electron chi connectivity index (χ0n) is 14.6. The van der Waals surface area contributed by atoms with Crippen LogP contribution in [0.3, 0.4) is 0 Å². The van der Waals surface area contributed by atoms with Gasteiger partial charge < -0.3 is 10.6 Å². The molecule has 0 aliphatic carbocycles. The summed E-state index contributed by atoms with van der Waals surface area (Å²) in [5.41, 5.74) is 6.17. The van der Waals surface area contributed by atoms with Gasteiger partial charge in [0.05, 0.1) is 0 Å². The van der Waals surface area contributed by atoms with Crippen LogP contribution in [0.4, 0.5) is 5.82 Å². The number of aromatic amines is 1. The monoisotopic (exact) mass is 331 g/mol. The maximum absolute atomic E-state index is 12.8. The van der Waals surface area contributed by atoms with E-state index < -0.39 is 0 Å². The van der Waals surface area contributed by atoms with E-state index in [1.165, 1.54) is 45.1 Å². The lowest BCUT2D eigenvalue weighted by atomic mass is 9.74. The SMILES string of the molecule is CCC[C@H]1CCC[C@H]2[C@@H]3C[C@@H](CN(C(=O)c4cc(N)n[nH]4)C3)CN12. The molecule has 0 radical (unpaired) electrons. The Morgan fingerprint density at radius 3 is 3.00 bits per heavy atom. The molecule has 1 aromatic heterocycles. The third kappa shape index (κ3) is 2.81. The van der Waals surface area contributed by atoms with Gasteiger partial charge in [-0.25, -0.2) is 0 Å². The van der Waals surface area contributed by atoms with Crippen LogP contribution in [0.5, 0.6) is 0 Å². The molecule has 1 amide bonds. The minimum absolute atomic E-state index is 0.0586. The largest absolute Gasteiger partial charge is 0.382 e. The Balaban J connectivity index is 1.49. The van der Waals surface area contributed by atoms with E-state index in [9.17, 15) is 4.79 Å². The molecule has 6 heteroatoms. The third-order valence-corrected chi connectivity index (χ3v) is 6.25. The smallest absolute Gasteiger partial charge is 0.271 e. The lowest BCUT2D eigenvalue weighted by Gasteiger charge is -2.55. The van der Waals surface area contributed by atoms with Crippen molar-refractivity contribution in [1.82, 2.24) is 20.0 Å². The van der Waals surface area contributed by atoms with Gasteiger partial charge in [-0.1, -0.05) is 19.8 Å². The molecule has 6 nitrogen and oxygen atoms in total. The molecule has 0 aromatic carbocycles. The lowest BCUT2D eigenvalue weighted by molar-refractivity contribution is -0.0519. The number of nitrogen functional groups attached to an aromatic ring is 1. The van der Waals surface area contributed by atoms with Crippen LogP contribution in [-0.2, 0) is 0 Å². The Kier molecular flexibility index (Phi) is 4.24. The van der Waals surface area contributed by atoms with Crippen LogP contribution in [0.15, 0.2) is 6.07 Å². The second-order valence-corrected chi connectivity index (χ2v) is 7.92. The molecule has 3 aliphatic rings. The molecule has 0 saturated carbocycles. The summed E-state index contributed by atoms with van der Waals surface area (Å²) in [5, 5.41) is 6.67. The number of nitrogens with zero attached hydrogens (tertiary/aromatic N) is 3. The van der Waals surface area contributed by atoms with E-state index in [1.54, 1.807) is 6.07 Å². The van der Waals surface area contributed by atoms with E-state index in [0.29, 0.717) is 29.4 Å². The topological polar surface area (TPSA) is 78.2 Å². The summed E-state index contributed by atoms with van der Waals surface area (Å²) in [5.74, 6) is 1.68. The first-order chi connectivity index (χ1) is 11.7. The Hall–Kier alpha value is -1.56. The Labute approximate surface area is 143 Å². The van der Waals surface area contributed by atoms with Crippen molar-refractivity contribution in [2.24, 2.45) is 11.8 Å². The van der Waals surface area contributed by atoms with Crippen LogP contribution < -0.4 is 5.73 Å².